The van der Waals surface area contributed by atoms with Gasteiger partial charge in [-0.05, 0) is 32.9 Å². The summed E-state index contributed by atoms with van der Waals surface area (Å²) >= 11 is 0. The molecule has 0 bridgehead atoms. The highest BCUT2D eigenvalue weighted by Crippen LogP contribution is 2.22. The highest BCUT2D eigenvalue weighted by molar-refractivity contribution is 5.84. The Kier molecular flexibility index (Phi) is 4.72. The first-order valence-electron chi connectivity index (χ1n) is 9.39. The van der Waals surface area contributed by atoms with Gasteiger partial charge in [0.25, 0.3) is 5.56 Å². The van der Waals surface area contributed by atoms with Crippen LogP contribution in [0.15, 0.2) is 35.1 Å². The second kappa shape index (κ2) is 7.20. The van der Waals surface area contributed by atoms with E-state index in [2.05, 4.69) is 10.2 Å². The average Bonchev–Trinajstić information content (AvgIpc) is 3.09. The van der Waals surface area contributed by atoms with Gasteiger partial charge in [-0.15, -0.1) is 0 Å². The molecule has 0 aliphatic carbocycles. The number of ether oxygens (including phenoxy) is 1. The molecule has 0 saturated carbocycles. The normalized spacial score (nSPS) is 15.8. The fraction of sp³-hybridized carbons (Fsp3) is 0.400. The van der Waals surface area contributed by atoms with Crippen molar-refractivity contribution in [2.24, 2.45) is 0 Å². The van der Waals surface area contributed by atoms with Crippen LogP contribution in [0, 0.1) is 13.8 Å². The maximum absolute atomic E-state index is 13.1. The zero-order valence-electron chi connectivity index (χ0n) is 16.3. The smallest absolute Gasteiger partial charge is 0.295 e. The molecule has 2 aromatic heterocycles. The number of hydrogen-bond acceptors (Lipinski definition) is 5. The Morgan fingerprint density at radius 2 is 1.79 bits per heavy atom. The van der Waals surface area contributed by atoms with Gasteiger partial charge in [0.05, 0.1) is 35.7 Å². The number of rotatable bonds is 3. The van der Waals surface area contributed by atoms with Crippen LogP contribution in [-0.2, 0) is 9.53 Å². The lowest BCUT2D eigenvalue weighted by Gasteiger charge is -2.29. The Morgan fingerprint density at radius 1 is 1.11 bits per heavy atom. The van der Waals surface area contributed by atoms with Crippen molar-refractivity contribution in [3.05, 3.63) is 52.1 Å². The van der Waals surface area contributed by atoms with E-state index in [1.54, 1.807) is 16.5 Å². The van der Waals surface area contributed by atoms with Crippen molar-refractivity contribution in [1.82, 2.24) is 24.5 Å². The van der Waals surface area contributed by atoms with Crippen molar-refractivity contribution in [2.45, 2.75) is 26.8 Å². The highest BCUT2D eigenvalue weighted by atomic mass is 16.5. The number of aryl methyl sites for hydroxylation is 2. The summed E-state index contributed by atoms with van der Waals surface area (Å²) in [5, 5.41) is 9.75. The second-order valence-electron chi connectivity index (χ2n) is 7.01. The van der Waals surface area contributed by atoms with Crippen molar-refractivity contribution in [1.29, 1.82) is 0 Å². The zero-order valence-corrected chi connectivity index (χ0v) is 16.3. The van der Waals surface area contributed by atoms with Gasteiger partial charge < -0.3 is 9.64 Å². The minimum Gasteiger partial charge on any atom is -0.378 e. The van der Waals surface area contributed by atoms with E-state index in [0.29, 0.717) is 37.5 Å². The minimum atomic E-state index is -0.698. The molecule has 3 aromatic rings. The third kappa shape index (κ3) is 2.99. The molecule has 146 valence electrons. The molecule has 1 aliphatic heterocycles. The van der Waals surface area contributed by atoms with E-state index in [1.807, 2.05) is 44.2 Å². The van der Waals surface area contributed by atoms with Crippen molar-refractivity contribution >= 4 is 16.8 Å². The van der Waals surface area contributed by atoms with Gasteiger partial charge >= 0.3 is 0 Å². The Bertz CT molecular complexity index is 1080. The number of nitrogens with zero attached hydrogens (tertiary/aromatic N) is 5. The summed E-state index contributed by atoms with van der Waals surface area (Å²) in [6.45, 7) is 7.55. The van der Waals surface area contributed by atoms with Crippen LogP contribution in [0.1, 0.15) is 24.4 Å². The molecular formula is C20H23N5O3. The summed E-state index contributed by atoms with van der Waals surface area (Å²) in [7, 11) is 0. The molecule has 0 N–H and O–H groups in total. The van der Waals surface area contributed by atoms with Gasteiger partial charge in [0, 0.05) is 13.1 Å². The Balaban J connectivity index is 1.80. The predicted octanol–water partition coefficient (Wildman–Crippen LogP) is 1.62. The van der Waals surface area contributed by atoms with Gasteiger partial charge in [0.1, 0.15) is 6.04 Å². The molecule has 1 amide bonds. The number of carbonyl (C=O) groups excluding carboxylic acids is 1. The van der Waals surface area contributed by atoms with E-state index in [1.165, 1.54) is 4.68 Å². The van der Waals surface area contributed by atoms with Gasteiger partial charge in [0.2, 0.25) is 5.91 Å². The van der Waals surface area contributed by atoms with Gasteiger partial charge in [-0.25, -0.2) is 9.36 Å². The molecule has 0 unspecified atom stereocenters. The number of fused-ring (bicyclic) bond motifs is 1. The van der Waals surface area contributed by atoms with Crippen LogP contribution in [0.4, 0.5) is 0 Å². The van der Waals surface area contributed by atoms with Crippen LogP contribution in [-0.4, -0.2) is 56.7 Å². The maximum Gasteiger partial charge on any atom is 0.295 e. The van der Waals surface area contributed by atoms with E-state index in [-0.39, 0.29) is 11.5 Å². The van der Waals surface area contributed by atoms with Crippen LogP contribution in [0.5, 0.6) is 0 Å². The first-order chi connectivity index (χ1) is 13.5. The maximum atomic E-state index is 13.1. The van der Waals surface area contributed by atoms with Crippen LogP contribution in [0.2, 0.25) is 0 Å². The van der Waals surface area contributed by atoms with E-state index in [4.69, 9.17) is 4.74 Å². The Morgan fingerprint density at radius 3 is 2.46 bits per heavy atom. The van der Waals surface area contributed by atoms with Crippen molar-refractivity contribution in [2.75, 3.05) is 26.3 Å². The quantitative estimate of drug-likeness (QED) is 0.689. The molecule has 8 nitrogen and oxygen atoms in total. The molecule has 1 aromatic carbocycles. The topological polar surface area (TPSA) is 82.2 Å². The predicted molar refractivity (Wildman–Crippen MR) is 105 cm³/mol. The minimum absolute atomic E-state index is 0.129. The lowest BCUT2D eigenvalue weighted by atomic mass is 10.2. The number of morpholine rings is 1. The Labute approximate surface area is 162 Å². The first kappa shape index (κ1) is 18.4. The number of carbonyl (C=O) groups is 1. The number of para-hydroxylation sites is 1. The zero-order chi connectivity index (χ0) is 19.8. The summed E-state index contributed by atoms with van der Waals surface area (Å²) in [5.41, 5.74) is 2.38. The van der Waals surface area contributed by atoms with E-state index in [9.17, 15) is 9.59 Å². The van der Waals surface area contributed by atoms with Crippen LogP contribution < -0.4 is 5.56 Å². The molecule has 8 heteroatoms. The summed E-state index contributed by atoms with van der Waals surface area (Å²) in [5.74, 6) is -0.129. The first-order valence-corrected chi connectivity index (χ1v) is 9.39. The molecule has 3 heterocycles. The molecule has 0 radical (unpaired) electrons. The van der Waals surface area contributed by atoms with E-state index in [0.717, 1.165) is 16.8 Å². The lowest BCUT2D eigenvalue weighted by molar-refractivity contribution is -0.138. The van der Waals surface area contributed by atoms with Gasteiger partial charge in [-0.2, -0.15) is 10.2 Å². The van der Waals surface area contributed by atoms with Crippen molar-refractivity contribution < 1.29 is 9.53 Å². The average molecular weight is 381 g/mol. The van der Waals surface area contributed by atoms with Gasteiger partial charge in [-0.1, -0.05) is 18.2 Å². The van der Waals surface area contributed by atoms with E-state index >= 15 is 0 Å². The second-order valence-corrected chi connectivity index (χ2v) is 7.01. The van der Waals surface area contributed by atoms with Crippen molar-refractivity contribution in [3.63, 3.8) is 0 Å². The Hall–Kier alpha value is -3.00. The summed E-state index contributed by atoms with van der Waals surface area (Å²) < 4.78 is 8.31. The largest absolute Gasteiger partial charge is 0.378 e. The number of aromatic nitrogens is 4. The van der Waals surface area contributed by atoms with Gasteiger partial charge in [0.15, 0.2) is 5.52 Å². The van der Waals surface area contributed by atoms with Crippen molar-refractivity contribution in [3.8, 4) is 5.69 Å². The highest BCUT2D eigenvalue weighted by Gasteiger charge is 2.27. The third-order valence-electron chi connectivity index (χ3n) is 5.19. The number of hydrogen-bond donors (Lipinski definition) is 0. The van der Waals surface area contributed by atoms with Crippen LogP contribution in [0.25, 0.3) is 16.6 Å². The third-order valence-corrected chi connectivity index (χ3v) is 5.19. The summed E-state index contributed by atoms with van der Waals surface area (Å²) in [6, 6.07) is 8.95. The molecule has 4 rings (SSSR count). The van der Waals surface area contributed by atoms with Crippen LogP contribution in [0.3, 0.4) is 0 Å². The van der Waals surface area contributed by atoms with Gasteiger partial charge in [-0.3, -0.25) is 9.59 Å². The lowest BCUT2D eigenvalue weighted by Crippen LogP contribution is -2.45. The standard InChI is InChI=1S/C20H23N5O3/c1-13-17-14(2)24(16-7-5-4-6-8-16)22-18(17)20(27)25(21-13)15(3)19(26)23-9-11-28-12-10-23/h4-8,15H,9-12H2,1-3H3/t15-/m1/s1. The molecule has 1 atom stereocenters. The molecule has 1 saturated heterocycles. The summed E-state index contributed by atoms with van der Waals surface area (Å²) in [4.78, 5) is 27.7. The molecule has 0 spiro atoms. The number of benzene rings is 1. The van der Waals surface area contributed by atoms with E-state index < -0.39 is 6.04 Å². The summed E-state index contributed by atoms with van der Waals surface area (Å²) in [6.07, 6.45) is 0. The van der Waals surface area contributed by atoms with Crippen LogP contribution >= 0.6 is 0 Å². The fourth-order valence-corrected chi connectivity index (χ4v) is 3.69. The monoisotopic (exact) mass is 381 g/mol. The fourth-order valence-electron chi connectivity index (χ4n) is 3.69. The molecule has 1 aliphatic rings. The number of amides is 1. The molecule has 1 fully saturated rings. The SMILES string of the molecule is Cc1nn([C@H](C)C(=O)N2CCOCC2)c(=O)c2nn(-c3ccccc3)c(C)c12. The molecule has 28 heavy (non-hydrogen) atoms. The molecular weight excluding hydrogens is 358 g/mol.